The summed E-state index contributed by atoms with van der Waals surface area (Å²) >= 11 is 1.97. The van der Waals surface area contributed by atoms with Crippen LogP contribution in [0, 0.1) is 11.8 Å². The molecule has 0 saturated carbocycles. The maximum atomic E-state index is 4.79. The molecule has 0 amide bonds. The Kier molecular flexibility index (Phi) is 4.89. The molecule has 1 aliphatic heterocycles. The number of thioether (sulfide) groups is 1. The van der Waals surface area contributed by atoms with E-state index in [0.717, 1.165) is 52.7 Å². The third-order valence-corrected chi connectivity index (χ3v) is 6.06. The summed E-state index contributed by atoms with van der Waals surface area (Å²) in [5.41, 5.74) is 2.77. The van der Waals surface area contributed by atoms with Gasteiger partial charge in [-0.2, -0.15) is 16.9 Å². The predicted molar refractivity (Wildman–Crippen MR) is 120 cm³/mol. The Balaban J connectivity index is 1.53. The quantitative estimate of drug-likeness (QED) is 0.469. The van der Waals surface area contributed by atoms with Crippen molar-refractivity contribution in [2.24, 2.45) is 14.1 Å². The monoisotopic (exact) mass is 415 g/mol. The number of aromatic nitrogens is 6. The number of imidazole rings is 1. The van der Waals surface area contributed by atoms with E-state index in [1.165, 1.54) is 0 Å². The first-order valence-electron chi connectivity index (χ1n) is 9.82. The van der Waals surface area contributed by atoms with E-state index in [0.29, 0.717) is 11.6 Å². The van der Waals surface area contributed by atoms with Crippen LogP contribution >= 0.6 is 11.8 Å². The Morgan fingerprint density at radius 3 is 2.57 bits per heavy atom. The van der Waals surface area contributed by atoms with E-state index in [2.05, 4.69) is 31.8 Å². The highest BCUT2D eigenvalue weighted by atomic mass is 32.2. The number of rotatable bonds is 2. The lowest BCUT2D eigenvalue weighted by Gasteiger charge is -2.27. The Morgan fingerprint density at radius 2 is 1.77 bits per heavy atom. The van der Waals surface area contributed by atoms with Crippen LogP contribution in [0.4, 0.5) is 5.82 Å². The van der Waals surface area contributed by atoms with Gasteiger partial charge >= 0.3 is 0 Å². The van der Waals surface area contributed by atoms with Crippen molar-refractivity contribution in [2.45, 2.75) is 0 Å². The number of hydrogen-bond acceptors (Lipinski definition) is 6. The molecule has 8 heteroatoms. The normalized spacial score (nSPS) is 14.0. The minimum Gasteiger partial charge on any atom is -0.354 e. The molecule has 7 nitrogen and oxygen atoms in total. The first-order chi connectivity index (χ1) is 14.7. The van der Waals surface area contributed by atoms with Gasteiger partial charge in [-0.25, -0.2) is 15.0 Å². The number of hydrogen-bond donors (Lipinski definition) is 0. The van der Waals surface area contributed by atoms with E-state index in [9.17, 15) is 0 Å². The zero-order valence-electron chi connectivity index (χ0n) is 16.9. The lowest BCUT2D eigenvalue weighted by molar-refractivity contribution is 0.783. The van der Waals surface area contributed by atoms with Crippen molar-refractivity contribution in [1.82, 2.24) is 29.3 Å². The Morgan fingerprint density at radius 1 is 0.967 bits per heavy atom. The summed E-state index contributed by atoms with van der Waals surface area (Å²) in [5.74, 6) is 10.6. The zero-order chi connectivity index (χ0) is 20.5. The van der Waals surface area contributed by atoms with Crippen LogP contribution < -0.4 is 4.90 Å². The van der Waals surface area contributed by atoms with Gasteiger partial charge in [0.2, 0.25) is 5.82 Å². The molecule has 4 aromatic rings. The molecule has 1 saturated heterocycles. The van der Waals surface area contributed by atoms with Crippen LogP contribution in [0.2, 0.25) is 0 Å². The largest absolute Gasteiger partial charge is 0.354 e. The van der Waals surface area contributed by atoms with Crippen LogP contribution in [0.5, 0.6) is 0 Å². The Labute approximate surface area is 179 Å². The summed E-state index contributed by atoms with van der Waals surface area (Å²) < 4.78 is 3.71. The number of aryl methyl sites for hydroxylation is 2. The van der Waals surface area contributed by atoms with Gasteiger partial charge in [0, 0.05) is 50.5 Å². The van der Waals surface area contributed by atoms with Gasteiger partial charge in [0.1, 0.15) is 5.82 Å². The maximum Gasteiger partial charge on any atom is 0.209 e. The molecule has 4 heterocycles. The van der Waals surface area contributed by atoms with Crippen molar-refractivity contribution < 1.29 is 0 Å². The van der Waals surface area contributed by atoms with Crippen LogP contribution in [0.15, 0.2) is 42.7 Å². The van der Waals surface area contributed by atoms with Crippen LogP contribution in [0.25, 0.3) is 22.3 Å². The second-order valence-electron chi connectivity index (χ2n) is 7.15. The van der Waals surface area contributed by atoms with E-state index in [1.807, 2.05) is 73.1 Å². The van der Waals surface area contributed by atoms with Crippen LogP contribution in [0.1, 0.15) is 11.6 Å². The van der Waals surface area contributed by atoms with Gasteiger partial charge in [-0.1, -0.05) is 30.3 Å². The standard InChI is InChI=1S/C22H21N7S/c1-27-15-18(16-6-4-3-5-7-16)24-20(27)9-8-19-25-21-17(14-23-28(21)2)22(26-19)29-10-12-30-13-11-29/h3-7,14-15H,10-13H2,1-2H3. The summed E-state index contributed by atoms with van der Waals surface area (Å²) in [5, 5.41) is 5.35. The topological polar surface area (TPSA) is 64.7 Å². The number of nitrogens with zero attached hydrogens (tertiary/aromatic N) is 7. The third kappa shape index (κ3) is 3.53. The van der Waals surface area contributed by atoms with Gasteiger partial charge in [-0.05, 0) is 11.8 Å². The van der Waals surface area contributed by atoms with E-state index in [1.54, 1.807) is 4.68 Å². The summed E-state index contributed by atoms with van der Waals surface area (Å²) in [7, 11) is 3.85. The fraction of sp³-hybridized carbons (Fsp3) is 0.273. The molecule has 1 aliphatic rings. The average Bonchev–Trinajstić information content (AvgIpc) is 3.35. The molecule has 0 N–H and O–H groups in total. The molecular formula is C22H21N7S. The summed E-state index contributed by atoms with van der Waals surface area (Å²) in [6.07, 6.45) is 3.83. The lowest BCUT2D eigenvalue weighted by Crippen LogP contribution is -2.33. The van der Waals surface area contributed by atoms with Gasteiger partial charge in [0.15, 0.2) is 11.5 Å². The lowest BCUT2D eigenvalue weighted by atomic mass is 10.2. The van der Waals surface area contributed by atoms with Crippen molar-refractivity contribution in [3.8, 4) is 23.1 Å². The minimum absolute atomic E-state index is 0.489. The molecule has 0 radical (unpaired) electrons. The van der Waals surface area contributed by atoms with Gasteiger partial charge in [0.05, 0.1) is 17.3 Å². The summed E-state index contributed by atoms with van der Waals surface area (Å²) in [6.45, 7) is 1.94. The molecule has 0 atom stereocenters. The zero-order valence-corrected chi connectivity index (χ0v) is 17.7. The number of fused-ring (bicyclic) bond motifs is 1. The minimum atomic E-state index is 0.489. The molecule has 1 fully saturated rings. The van der Waals surface area contributed by atoms with Crippen molar-refractivity contribution in [1.29, 1.82) is 0 Å². The number of benzene rings is 1. The molecule has 150 valence electrons. The molecule has 5 rings (SSSR count). The molecular weight excluding hydrogens is 394 g/mol. The van der Waals surface area contributed by atoms with E-state index >= 15 is 0 Å². The maximum absolute atomic E-state index is 4.79. The second kappa shape index (κ2) is 7.84. The summed E-state index contributed by atoms with van der Waals surface area (Å²) in [6, 6.07) is 10.1. The van der Waals surface area contributed by atoms with Crippen molar-refractivity contribution in [3.63, 3.8) is 0 Å². The van der Waals surface area contributed by atoms with Gasteiger partial charge in [-0.15, -0.1) is 0 Å². The SMILES string of the molecule is Cn1cc(-c2ccccc2)nc1C#Cc1nc(N2CCSCC2)c2cnn(C)c2n1. The fourth-order valence-corrected chi connectivity index (χ4v) is 4.42. The Bertz CT molecular complexity index is 1260. The highest BCUT2D eigenvalue weighted by molar-refractivity contribution is 7.99. The van der Waals surface area contributed by atoms with Crippen molar-refractivity contribution in [3.05, 3.63) is 54.4 Å². The van der Waals surface area contributed by atoms with E-state index in [4.69, 9.17) is 4.98 Å². The van der Waals surface area contributed by atoms with Crippen molar-refractivity contribution in [2.75, 3.05) is 29.5 Å². The summed E-state index contributed by atoms with van der Waals surface area (Å²) in [4.78, 5) is 16.4. The first-order valence-corrected chi connectivity index (χ1v) is 11.0. The predicted octanol–water partition coefficient (Wildman–Crippen LogP) is 2.72. The molecule has 0 spiro atoms. The van der Waals surface area contributed by atoms with Gasteiger partial charge < -0.3 is 9.47 Å². The Hall–Kier alpha value is -3.31. The molecule has 0 aliphatic carbocycles. The number of anilines is 1. The smallest absolute Gasteiger partial charge is 0.209 e. The molecule has 1 aromatic carbocycles. The third-order valence-electron chi connectivity index (χ3n) is 5.11. The highest BCUT2D eigenvalue weighted by Crippen LogP contribution is 2.25. The van der Waals surface area contributed by atoms with Crippen LogP contribution in [-0.4, -0.2) is 53.9 Å². The van der Waals surface area contributed by atoms with Crippen molar-refractivity contribution >= 4 is 28.6 Å². The second-order valence-corrected chi connectivity index (χ2v) is 8.38. The fourth-order valence-electron chi connectivity index (χ4n) is 3.52. The van der Waals surface area contributed by atoms with E-state index in [-0.39, 0.29) is 0 Å². The van der Waals surface area contributed by atoms with Gasteiger partial charge in [0.25, 0.3) is 0 Å². The first kappa shape index (κ1) is 18.7. The molecule has 0 unspecified atom stereocenters. The molecule has 3 aromatic heterocycles. The molecule has 0 bridgehead atoms. The van der Waals surface area contributed by atoms with Crippen LogP contribution in [-0.2, 0) is 14.1 Å². The van der Waals surface area contributed by atoms with Gasteiger partial charge in [-0.3, -0.25) is 4.68 Å². The molecule has 30 heavy (non-hydrogen) atoms. The highest BCUT2D eigenvalue weighted by Gasteiger charge is 2.19. The average molecular weight is 416 g/mol. The van der Waals surface area contributed by atoms with Crippen LogP contribution in [0.3, 0.4) is 0 Å². The van der Waals surface area contributed by atoms with E-state index < -0.39 is 0 Å².